The predicted molar refractivity (Wildman–Crippen MR) is 131 cm³/mol. The molecule has 1 N–H and O–H groups in total. The van der Waals surface area contributed by atoms with Crippen LogP contribution in [0.3, 0.4) is 0 Å². The third kappa shape index (κ3) is 9.16. The molecule has 2 fully saturated rings. The lowest BCUT2D eigenvalue weighted by Crippen LogP contribution is -2.44. The molecule has 1 heterocycles. The summed E-state index contributed by atoms with van der Waals surface area (Å²) in [6.07, 6.45) is 9.97. The Kier molecular flexibility index (Phi) is 12.8. The lowest BCUT2D eigenvalue weighted by atomic mass is 9.86. The van der Waals surface area contributed by atoms with Gasteiger partial charge < -0.3 is 14.2 Å². The van der Waals surface area contributed by atoms with E-state index in [9.17, 15) is 4.79 Å². The molecular weight excluding hydrogens is 428 g/mol. The molecule has 1 aliphatic carbocycles. The average Bonchev–Trinajstić information content (AvgIpc) is 2.79. The van der Waals surface area contributed by atoms with Crippen LogP contribution >= 0.6 is 12.4 Å². The third-order valence-electron chi connectivity index (χ3n) is 6.32. The topological polar surface area (TPSA) is 60.0 Å². The number of ether oxygens (including phenoxy) is 3. The molecule has 2 aliphatic rings. The van der Waals surface area contributed by atoms with Crippen LogP contribution in [-0.4, -0.2) is 56.6 Å². The van der Waals surface area contributed by atoms with Gasteiger partial charge in [0.2, 0.25) is 0 Å². The van der Waals surface area contributed by atoms with Gasteiger partial charge in [-0.3, -0.25) is 10.2 Å². The second-order valence-electron chi connectivity index (χ2n) is 8.79. The highest BCUT2D eigenvalue weighted by atomic mass is 35.5. The molecule has 1 amide bonds. The van der Waals surface area contributed by atoms with Crippen molar-refractivity contribution in [3.05, 3.63) is 24.3 Å². The van der Waals surface area contributed by atoms with Gasteiger partial charge in [-0.25, -0.2) is 4.79 Å². The summed E-state index contributed by atoms with van der Waals surface area (Å²) in [5.41, 5.74) is 0.682. The van der Waals surface area contributed by atoms with Crippen molar-refractivity contribution in [1.29, 1.82) is 0 Å². The summed E-state index contributed by atoms with van der Waals surface area (Å²) in [4.78, 5) is 15.1. The standard InChI is InChI=1S/C25H40N2O4.ClH/c1-2-3-4-5-10-17-30-24-14-9-7-12-22(24)26-25(28)31-23-13-8-6-11-21(23)20-27-15-18-29-19-16-27;/h7,9,12,14,21,23H,2-6,8,10-11,13,15-20H2,1H3,(H,26,28);1H/t21-,23-;/m1./s1. The first-order valence-corrected chi connectivity index (χ1v) is 12.3. The van der Waals surface area contributed by atoms with Gasteiger partial charge in [-0.1, -0.05) is 51.2 Å². The van der Waals surface area contributed by atoms with Crippen LogP contribution < -0.4 is 10.1 Å². The molecule has 0 spiro atoms. The number of anilines is 1. The number of nitrogens with one attached hydrogen (secondary N) is 1. The number of hydrogen-bond acceptors (Lipinski definition) is 5. The Morgan fingerprint density at radius 2 is 1.84 bits per heavy atom. The van der Waals surface area contributed by atoms with Crippen LogP contribution in [0.2, 0.25) is 0 Å². The van der Waals surface area contributed by atoms with Gasteiger partial charge in [0.15, 0.2) is 0 Å². The lowest BCUT2D eigenvalue weighted by Gasteiger charge is -2.36. The highest BCUT2D eigenvalue weighted by Gasteiger charge is 2.30. The summed E-state index contributed by atoms with van der Waals surface area (Å²) in [7, 11) is 0. The van der Waals surface area contributed by atoms with E-state index in [1.807, 2.05) is 24.3 Å². The minimum absolute atomic E-state index is 0. The molecule has 7 heteroatoms. The van der Waals surface area contributed by atoms with Crippen molar-refractivity contribution in [3.63, 3.8) is 0 Å². The summed E-state index contributed by atoms with van der Waals surface area (Å²) in [6.45, 7) is 7.41. The fraction of sp³-hybridized carbons (Fsp3) is 0.720. The SMILES string of the molecule is CCCCCCCOc1ccccc1NC(=O)O[C@@H]1CCCC[C@@H]1CN1CCOCC1.Cl. The van der Waals surface area contributed by atoms with Crippen molar-refractivity contribution >= 4 is 24.2 Å². The molecule has 0 unspecified atom stereocenters. The average molecular weight is 469 g/mol. The van der Waals surface area contributed by atoms with E-state index < -0.39 is 0 Å². The molecule has 0 bridgehead atoms. The first-order chi connectivity index (χ1) is 15.3. The van der Waals surface area contributed by atoms with Crippen molar-refractivity contribution in [2.24, 2.45) is 5.92 Å². The van der Waals surface area contributed by atoms with E-state index in [-0.39, 0.29) is 24.6 Å². The smallest absolute Gasteiger partial charge is 0.412 e. The number of carbonyl (C=O) groups is 1. The Morgan fingerprint density at radius 1 is 1.09 bits per heavy atom. The van der Waals surface area contributed by atoms with Crippen LogP contribution in [0.4, 0.5) is 10.5 Å². The van der Waals surface area contributed by atoms with Crippen LogP contribution in [0.1, 0.15) is 64.7 Å². The number of benzene rings is 1. The van der Waals surface area contributed by atoms with E-state index in [2.05, 4.69) is 17.1 Å². The number of nitrogens with zero attached hydrogens (tertiary/aromatic N) is 1. The number of hydrogen-bond donors (Lipinski definition) is 1. The van der Waals surface area contributed by atoms with Crippen molar-refractivity contribution in [2.75, 3.05) is 44.8 Å². The normalized spacial score (nSPS) is 21.4. The number of morpholine rings is 1. The molecule has 32 heavy (non-hydrogen) atoms. The van der Waals surface area contributed by atoms with Crippen molar-refractivity contribution in [3.8, 4) is 5.75 Å². The maximum atomic E-state index is 12.7. The summed E-state index contributed by atoms with van der Waals surface area (Å²) in [5.74, 6) is 1.11. The van der Waals surface area contributed by atoms with Crippen molar-refractivity contribution in [2.45, 2.75) is 70.8 Å². The molecule has 1 saturated carbocycles. The third-order valence-corrected chi connectivity index (χ3v) is 6.32. The summed E-state index contributed by atoms with van der Waals surface area (Å²) in [6, 6.07) is 7.62. The summed E-state index contributed by atoms with van der Waals surface area (Å²) < 4.78 is 17.3. The first kappa shape index (κ1) is 26.7. The quantitative estimate of drug-likeness (QED) is 0.410. The molecule has 3 rings (SSSR count). The van der Waals surface area contributed by atoms with Gasteiger partial charge >= 0.3 is 6.09 Å². The Hall–Kier alpha value is -1.50. The largest absolute Gasteiger partial charge is 0.491 e. The zero-order valence-electron chi connectivity index (χ0n) is 19.6. The second kappa shape index (κ2) is 15.4. The maximum Gasteiger partial charge on any atom is 0.412 e. The minimum Gasteiger partial charge on any atom is -0.491 e. The van der Waals surface area contributed by atoms with Gasteiger partial charge in [0.05, 0.1) is 25.5 Å². The van der Waals surface area contributed by atoms with Gasteiger partial charge in [-0.05, 0) is 37.8 Å². The molecule has 1 saturated heterocycles. The lowest BCUT2D eigenvalue weighted by molar-refractivity contribution is -0.00352. The van der Waals surface area contributed by atoms with Crippen LogP contribution in [-0.2, 0) is 9.47 Å². The number of amides is 1. The number of rotatable bonds is 11. The Bertz CT molecular complexity index is 655. The molecule has 0 aromatic heterocycles. The van der Waals surface area contributed by atoms with Gasteiger partial charge in [-0.2, -0.15) is 0 Å². The Balaban J connectivity index is 0.00000363. The van der Waals surface area contributed by atoms with E-state index in [1.54, 1.807) is 0 Å². The highest BCUT2D eigenvalue weighted by Crippen LogP contribution is 2.29. The van der Waals surface area contributed by atoms with E-state index in [4.69, 9.17) is 14.2 Å². The summed E-state index contributed by atoms with van der Waals surface area (Å²) in [5, 5.41) is 2.92. The maximum absolute atomic E-state index is 12.7. The molecule has 1 aromatic rings. The van der Waals surface area contributed by atoms with E-state index >= 15 is 0 Å². The molecule has 2 atom stereocenters. The predicted octanol–water partition coefficient (Wildman–Crippen LogP) is 5.90. The van der Waals surface area contributed by atoms with Gasteiger partial charge in [0, 0.05) is 25.6 Å². The molecular formula is C25H41ClN2O4. The van der Waals surface area contributed by atoms with Crippen LogP contribution in [0.15, 0.2) is 24.3 Å². The monoisotopic (exact) mass is 468 g/mol. The van der Waals surface area contributed by atoms with Crippen molar-refractivity contribution < 1.29 is 19.0 Å². The number of unbranched alkanes of at least 4 members (excludes halogenated alkanes) is 4. The number of para-hydroxylation sites is 2. The molecule has 182 valence electrons. The number of halogens is 1. The van der Waals surface area contributed by atoms with Gasteiger partial charge in [-0.15, -0.1) is 12.4 Å². The Morgan fingerprint density at radius 3 is 2.66 bits per heavy atom. The van der Waals surface area contributed by atoms with Crippen LogP contribution in [0.5, 0.6) is 5.75 Å². The fourth-order valence-electron chi connectivity index (χ4n) is 4.51. The zero-order chi connectivity index (χ0) is 21.7. The second-order valence-corrected chi connectivity index (χ2v) is 8.79. The van der Waals surface area contributed by atoms with E-state index in [0.29, 0.717) is 24.0 Å². The summed E-state index contributed by atoms with van der Waals surface area (Å²) >= 11 is 0. The molecule has 6 nitrogen and oxygen atoms in total. The molecule has 0 radical (unpaired) electrons. The highest BCUT2D eigenvalue weighted by molar-refractivity contribution is 5.86. The van der Waals surface area contributed by atoms with Crippen molar-refractivity contribution in [1.82, 2.24) is 4.90 Å². The van der Waals surface area contributed by atoms with E-state index in [1.165, 1.54) is 32.1 Å². The Labute approximate surface area is 199 Å². The number of carbonyl (C=O) groups excluding carboxylic acids is 1. The van der Waals surface area contributed by atoms with Gasteiger partial charge in [0.1, 0.15) is 11.9 Å². The van der Waals surface area contributed by atoms with Crippen LogP contribution in [0, 0.1) is 5.92 Å². The molecule has 1 aromatic carbocycles. The first-order valence-electron chi connectivity index (χ1n) is 12.3. The minimum atomic E-state index is -0.377. The van der Waals surface area contributed by atoms with Crippen LogP contribution in [0.25, 0.3) is 0 Å². The fourth-order valence-corrected chi connectivity index (χ4v) is 4.51. The van der Waals surface area contributed by atoms with Gasteiger partial charge in [0.25, 0.3) is 0 Å². The van der Waals surface area contributed by atoms with E-state index in [0.717, 1.165) is 58.5 Å². The zero-order valence-corrected chi connectivity index (χ0v) is 20.4. The molecule has 1 aliphatic heterocycles.